The van der Waals surface area contributed by atoms with Gasteiger partial charge >= 0.3 is 0 Å². The molecule has 3 aromatic heterocycles. The maximum Gasteiger partial charge on any atom is 0.164 e. The summed E-state index contributed by atoms with van der Waals surface area (Å²) in [6.07, 6.45) is 0. The highest BCUT2D eigenvalue weighted by Crippen LogP contribution is 2.26. The van der Waals surface area contributed by atoms with Crippen LogP contribution in [0, 0.1) is 13.8 Å². The highest BCUT2D eigenvalue weighted by Gasteiger charge is 2.09. The van der Waals surface area contributed by atoms with E-state index in [1.54, 1.807) is 0 Å². The Morgan fingerprint density at radius 1 is 0.280 bits per heavy atom. The van der Waals surface area contributed by atoms with Gasteiger partial charge in [0.1, 0.15) is 0 Å². The van der Waals surface area contributed by atoms with Crippen LogP contribution in [0.1, 0.15) is 11.1 Å². The minimum absolute atomic E-state index is 0.613. The number of fused-ring (bicyclic) bond motifs is 18. The zero-order valence-corrected chi connectivity index (χ0v) is 27.5. The molecule has 0 unspecified atom stereocenters. The van der Waals surface area contributed by atoms with Gasteiger partial charge < -0.3 is 0 Å². The molecular formula is C44H30N6. The van der Waals surface area contributed by atoms with Gasteiger partial charge in [0.2, 0.25) is 0 Å². The summed E-state index contributed by atoms with van der Waals surface area (Å²) < 4.78 is 0. The maximum absolute atomic E-state index is 5.06. The molecule has 0 saturated heterocycles. The number of rotatable bonds is 2. The smallest absolute Gasteiger partial charge is 0.164 e. The summed E-state index contributed by atoms with van der Waals surface area (Å²) >= 11 is 0. The lowest BCUT2D eigenvalue weighted by molar-refractivity contribution is 1.18. The molecule has 6 nitrogen and oxygen atoms in total. The number of nitrogens with zero attached hydrogens (tertiary/aromatic N) is 6. The fourth-order valence-electron chi connectivity index (χ4n) is 6.28. The minimum atomic E-state index is 0.613. The van der Waals surface area contributed by atoms with Crippen molar-refractivity contribution in [3.8, 4) is 22.8 Å². The van der Waals surface area contributed by atoms with Gasteiger partial charge in [0.15, 0.2) is 34.2 Å². The summed E-state index contributed by atoms with van der Waals surface area (Å²) in [7, 11) is 0. The lowest BCUT2D eigenvalue weighted by Crippen LogP contribution is -1.94. The van der Waals surface area contributed by atoms with Gasteiger partial charge in [-0.3, -0.25) is 0 Å². The Morgan fingerprint density at radius 3 is 0.820 bits per heavy atom. The maximum atomic E-state index is 5.06. The Kier molecular flexibility index (Phi) is 7.13. The van der Waals surface area contributed by atoms with Gasteiger partial charge in [-0.1, -0.05) is 132 Å². The van der Waals surface area contributed by atoms with Crippen molar-refractivity contribution in [2.75, 3.05) is 0 Å². The van der Waals surface area contributed by atoms with Crippen molar-refractivity contribution < 1.29 is 0 Å². The molecule has 0 radical (unpaired) electrons. The van der Waals surface area contributed by atoms with Crippen LogP contribution in [0.3, 0.4) is 0 Å². The van der Waals surface area contributed by atoms with Crippen molar-refractivity contribution in [2.45, 2.75) is 13.8 Å². The first-order valence-electron chi connectivity index (χ1n) is 16.6. The average molecular weight is 643 g/mol. The molecule has 3 heterocycles. The van der Waals surface area contributed by atoms with Crippen molar-refractivity contribution in [1.82, 2.24) is 29.9 Å². The van der Waals surface area contributed by atoms with Crippen molar-refractivity contribution in [3.05, 3.63) is 157 Å². The molecule has 0 spiro atoms. The second kappa shape index (κ2) is 12.1. The molecule has 0 amide bonds. The first-order chi connectivity index (χ1) is 24.5. The molecule has 0 N–H and O–H groups in total. The normalized spacial score (nSPS) is 11.4. The van der Waals surface area contributed by atoms with Gasteiger partial charge in [0.05, 0.1) is 0 Å². The fourth-order valence-corrected chi connectivity index (χ4v) is 6.28. The molecule has 9 rings (SSSR count). The average Bonchev–Trinajstić information content (AvgIpc) is 3.18. The number of hydrogen-bond donors (Lipinski definition) is 0. The van der Waals surface area contributed by atoms with Gasteiger partial charge in [-0.05, 0) is 59.7 Å². The summed E-state index contributed by atoms with van der Waals surface area (Å²) in [5, 5.41) is 7.74. The zero-order valence-electron chi connectivity index (χ0n) is 27.5. The van der Waals surface area contributed by atoms with E-state index in [0.717, 1.165) is 54.2 Å². The van der Waals surface area contributed by atoms with E-state index in [4.69, 9.17) is 29.9 Å². The van der Waals surface area contributed by atoms with Gasteiger partial charge in [-0.15, -0.1) is 0 Å². The third-order valence-corrected chi connectivity index (χ3v) is 9.04. The largest absolute Gasteiger partial charge is 0.208 e. The molecule has 0 saturated carbocycles. The molecule has 50 heavy (non-hydrogen) atoms. The Morgan fingerprint density at radius 2 is 0.540 bits per heavy atom. The van der Waals surface area contributed by atoms with Crippen LogP contribution >= 0.6 is 0 Å². The first kappa shape index (κ1) is 29.5. The molecule has 0 aliphatic carbocycles. The Hall–Kier alpha value is -6.66. The lowest BCUT2D eigenvalue weighted by atomic mass is 10.1. The van der Waals surface area contributed by atoms with E-state index in [-0.39, 0.29) is 0 Å². The van der Waals surface area contributed by atoms with E-state index in [9.17, 15) is 0 Å². The number of aryl methyl sites for hydroxylation is 2. The molecule has 0 fully saturated rings. The summed E-state index contributed by atoms with van der Waals surface area (Å²) in [5.41, 5.74) is 6.69. The first-order valence-corrected chi connectivity index (χ1v) is 16.6. The SMILES string of the molecule is Cc1ccc(-c2nc3nc(n2)c2cccc(c2)c2cccc(c2)c2nc(-c4ccc(C)cc4)nc(n2)c2cccc(c2)c2cccc3c2)cc1. The third-order valence-electron chi connectivity index (χ3n) is 9.04. The minimum Gasteiger partial charge on any atom is -0.208 e. The zero-order chi connectivity index (χ0) is 33.6. The summed E-state index contributed by atoms with van der Waals surface area (Å²) in [6, 6.07) is 50.0. The number of aromatic nitrogens is 6. The van der Waals surface area contributed by atoms with Crippen LogP contribution in [0.25, 0.3) is 88.5 Å². The Labute approximate surface area is 288 Å². The number of hydrogen-bond acceptors (Lipinski definition) is 6. The van der Waals surface area contributed by atoms with Crippen LogP contribution in [-0.2, 0) is 0 Å². The highest BCUT2D eigenvalue weighted by atomic mass is 15.0. The summed E-state index contributed by atoms with van der Waals surface area (Å²) in [5.74, 6) is 1.26. The fraction of sp³-hybridized carbons (Fsp3) is 0.0455. The molecule has 0 atom stereocenters. The van der Waals surface area contributed by atoms with E-state index >= 15 is 0 Å². The van der Waals surface area contributed by atoms with Gasteiger partial charge in [-0.25, -0.2) is 29.9 Å². The van der Waals surface area contributed by atoms with E-state index in [2.05, 4.69) is 135 Å². The summed E-state index contributed by atoms with van der Waals surface area (Å²) in [6.45, 7) is 4.16. The predicted molar refractivity (Wildman–Crippen MR) is 205 cm³/mol. The van der Waals surface area contributed by atoms with E-state index in [1.807, 2.05) is 24.3 Å². The van der Waals surface area contributed by atoms with Crippen molar-refractivity contribution in [1.29, 1.82) is 0 Å². The quantitative estimate of drug-likeness (QED) is 0.187. The second-order valence-electron chi connectivity index (χ2n) is 12.7. The lowest BCUT2D eigenvalue weighted by Gasteiger charge is -2.05. The molecule has 0 aliphatic rings. The monoisotopic (exact) mass is 642 g/mol. The van der Waals surface area contributed by atoms with Gasteiger partial charge in [-0.2, -0.15) is 0 Å². The van der Waals surface area contributed by atoms with Crippen LogP contribution in [0.2, 0.25) is 0 Å². The molecule has 6 aromatic carbocycles. The second-order valence-corrected chi connectivity index (χ2v) is 12.7. The third kappa shape index (κ3) is 5.63. The molecular weight excluding hydrogens is 613 g/mol. The van der Waals surface area contributed by atoms with Crippen LogP contribution in [-0.4, -0.2) is 29.9 Å². The topological polar surface area (TPSA) is 77.3 Å². The van der Waals surface area contributed by atoms with Crippen molar-refractivity contribution in [2.24, 2.45) is 0 Å². The van der Waals surface area contributed by atoms with Gasteiger partial charge in [0.25, 0.3) is 0 Å². The molecule has 6 heteroatoms. The van der Waals surface area contributed by atoms with Crippen LogP contribution in [0.5, 0.6) is 0 Å². The van der Waals surface area contributed by atoms with Crippen molar-refractivity contribution >= 4 is 65.7 Å². The van der Waals surface area contributed by atoms with Crippen molar-refractivity contribution in [3.63, 3.8) is 0 Å². The van der Waals surface area contributed by atoms with Crippen LogP contribution < -0.4 is 0 Å². The Balaban J connectivity index is 1.45. The molecule has 0 aliphatic heterocycles. The molecule has 9 aromatic rings. The predicted octanol–water partition coefficient (Wildman–Crippen LogP) is 10.6. The summed E-state index contributed by atoms with van der Waals surface area (Å²) in [4.78, 5) is 30.2. The van der Waals surface area contributed by atoms with Crippen LogP contribution in [0.4, 0.5) is 0 Å². The molecule has 12 bridgehead atoms. The van der Waals surface area contributed by atoms with Gasteiger partial charge in [0, 0.05) is 32.7 Å². The van der Waals surface area contributed by atoms with Crippen LogP contribution in [0.15, 0.2) is 146 Å². The van der Waals surface area contributed by atoms with E-state index in [0.29, 0.717) is 34.2 Å². The Bertz CT molecular complexity index is 2540. The molecule has 236 valence electrons. The van der Waals surface area contributed by atoms with E-state index < -0.39 is 0 Å². The highest BCUT2D eigenvalue weighted by molar-refractivity contribution is 5.96. The van der Waals surface area contributed by atoms with E-state index in [1.165, 1.54) is 11.1 Å². The standard InChI is InChI=1S/C44H30N6/c1-27-15-19-29(20-16-27)39-45-41-35-11-3-7-31(23-35)33-9-5-13-37(25-33)43-47-40(30-21-17-28(2)18-22-30)48-44(50-43)38-14-6-10-34(26-38)32-8-4-12-36(24-32)42(46-39)49-41/h3-26H,1-2H3. The number of benzene rings is 6.